The molecule has 0 amide bonds. The molecule has 2 aliphatic rings. The molecule has 2 aliphatic carbocycles. The zero-order chi connectivity index (χ0) is 13.1. The van der Waals surface area contributed by atoms with Gasteiger partial charge in [0, 0.05) is 5.41 Å². The Bertz CT molecular complexity index is 463. The fraction of sp³-hybridized carbons (Fsp3) is 0.909. The highest BCUT2D eigenvalue weighted by Gasteiger charge is 2.68. The lowest BCUT2D eigenvalue weighted by molar-refractivity contribution is -0.127. The number of sulfonamides is 1. The molecule has 0 aromatic rings. The number of fused-ring (bicyclic) bond motifs is 2. The van der Waals surface area contributed by atoms with Gasteiger partial charge in [-0.05, 0) is 31.2 Å². The average Bonchev–Trinajstić information content (AvgIpc) is 2.55. The summed E-state index contributed by atoms with van der Waals surface area (Å²) in [6.07, 6.45) is 1.72. The Kier molecular flexibility index (Phi) is 3.00. The molecule has 0 spiro atoms. The van der Waals surface area contributed by atoms with Crippen molar-refractivity contribution in [2.75, 3.05) is 12.8 Å². The van der Waals surface area contributed by atoms with Crippen molar-refractivity contribution in [3.8, 4) is 0 Å². The van der Waals surface area contributed by atoms with Crippen molar-refractivity contribution in [3.05, 3.63) is 0 Å². The molecule has 6 heteroatoms. The summed E-state index contributed by atoms with van der Waals surface area (Å²) in [6.45, 7) is 3.86. The molecule has 2 bridgehead atoms. The Hall–Kier alpha value is 0.0600. The summed E-state index contributed by atoms with van der Waals surface area (Å²) < 4.78 is 25.9. The van der Waals surface area contributed by atoms with Gasteiger partial charge >= 0.3 is 0 Å². The molecule has 0 heterocycles. The lowest BCUT2D eigenvalue weighted by atomic mass is 9.70. The van der Waals surface area contributed by atoms with Crippen LogP contribution in [0.3, 0.4) is 0 Å². The number of hydrogen-bond acceptors (Lipinski definition) is 3. The molecule has 2 fully saturated rings. The number of alkyl halides is 1. The van der Waals surface area contributed by atoms with E-state index in [9.17, 15) is 13.2 Å². The number of carbonyl (C=O) groups excluding carboxylic acids is 1. The molecule has 4 unspecified atom stereocenters. The van der Waals surface area contributed by atoms with Gasteiger partial charge in [-0.25, -0.2) is 13.1 Å². The zero-order valence-corrected chi connectivity index (χ0v) is 12.7. The van der Waals surface area contributed by atoms with Gasteiger partial charge in [0.1, 0.15) is 0 Å². The van der Waals surface area contributed by atoms with Crippen molar-refractivity contribution >= 4 is 31.7 Å². The molecular weight excluding hydrogens is 306 g/mol. The largest absolute Gasteiger partial charge is 0.298 e. The quantitative estimate of drug-likeness (QED) is 0.796. The highest BCUT2D eigenvalue weighted by atomic mass is 79.9. The third kappa shape index (κ3) is 1.64. The number of hydrogen-bond donors (Lipinski definition) is 1. The van der Waals surface area contributed by atoms with Crippen LogP contribution in [-0.4, -0.2) is 31.8 Å². The maximum atomic E-state index is 12.2. The molecule has 0 aromatic heterocycles. The van der Waals surface area contributed by atoms with E-state index in [1.165, 1.54) is 7.05 Å². The first-order valence-corrected chi connectivity index (χ1v) is 8.34. The lowest BCUT2D eigenvalue weighted by Crippen LogP contribution is -2.42. The van der Waals surface area contributed by atoms with Gasteiger partial charge in [0.05, 0.1) is 10.6 Å². The second kappa shape index (κ2) is 3.78. The Morgan fingerprint density at radius 3 is 2.47 bits per heavy atom. The van der Waals surface area contributed by atoms with Crippen LogP contribution in [0.1, 0.15) is 26.7 Å². The topological polar surface area (TPSA) is 63.2 Å². The molecule has 0 radical (unpaired) electrons. The normalized spacial score (nSPS) is 45.5. The zero-order valence-electron chi connectivity index (χ0n) is 10.3. The van der Waals surface area contributed by atoms with Crippen molar-refractivity contribution in [3.63, 3.8) is 0 Å². The van der Waals surface area contributed by atoms with Crippen LogP contribution < -0.4 is 4.72 Å². The van der Waals surface area contributed by atoms with Gasteiger partial charge < -0.3 is 0 Å². The number of nitrogens with one attached hydrogen (secondary N) is 1. The smallest absolute Gasteiger partial charge is 0.211 e. The average molecular weight is 324 g/mol. The van der Waals surface area contributed by atoms with E-state index in [0.29, 0.717) is 0 Å². The second-order valence-corrected chi connectivity index (χ2v) is 8.54. The van der Waals surface area contributed by atoms with Gasteiger partial charge in [-0.3, -0.25) is 4.79 Å². The third-order valence-electron chi connectivity index (χ3n) is 4.98. The molecule has 17 heavy (non-hydrogen) atoms. The SMILES string of the molecule is CNS(=O)(=O)CC1(C)C2CCC1(C)C(=O)C2Br. The molecule has 0 saturated heterocycles. The first kappa shape index (κ1) is 13.5. The van der Waals surface area contributed by atoms with Crippen molar-refractivity contribution in [2.45, 2.75) is 31.5 Å². The molecule has 1 N–H and O–H groups in total. The van der Waals surface area contributed by atoms with Crippen molar-refractivity contribution in [1.82, 2.24) is 4.72 Å². The van der Waals surface area contributed by atoms with Crippen molar-refractivity contribution in [1.29, 1.82) is 0 Å². The number of Topliss-reactive ketones (excluding diaryl/α,β-unsaturated/α-hetero) is 1. The fourth-order valence-corrected chi connectivity index (χ4v) is 6.37. The summed E-state index contributed by atoms with van der Waals surface area (Å²) in [5, 5.41) is 0. The van der Waals surface area contributed by atoms with Crippen LogP contribution in [0.15, 0.2) is 0 Å². The van der Waals surface area contributed by atoms with E-state index >= 15 is 0 Å². The highest BCUT2D eigenvalue weighted by molar-refractivity contribution is 9.10. The first-order chi connectivity index (χ1) is 7.68. The minimum Gasteiger partial charge on any atom is -0.298 e. The Balaban J connectivity index is 2.42. The molecule has 0 aromatic carbocycles. The van der Waals surface area contributed by atoms with Gasteiger partial charge in [0.15, 0.2) is 5.78 Å². The maximum Gasteiger partial charge on any atom is 0.211 e. The summed E-state index contributed by atoms with van der Waals surface area (Å²) >= 11 is 3.44. The predicted molar refractivity (Wildman–Crippen MR) is 69.5 cm³/mol. The molecule has 0 aliphatic heterocycles. The van der Waals surface area contributed by atoms with Crippen LogP contribution in [0, 0.1) is 16.7 Å². The van der Waals surface area contributed by atoms with Crippen LogP contribution >= 0.6 is 15.9 Å². The van der Waals surface area contributed by atoms with Crippen LogP contribution in [0.25, 0.3) is 0 Å². The van der Waals surface area contributed by atoms with E-state index in [1.807, 2.05) is 13.8 Å². The van der Waals surface area contributed by atoms with Crippen LogP contribution in [-0.2, 0) is 14.8 Å². The molecule has 4 atom stereocenters. The van der Waals surface area contributed by atoms with Crippen molar-refractivity contribution < 1.29 is 13.2 Å². The molecular formula is C11H18BrNO3S. The monoisotopic (exact) mass is 323 g/mol. The minimum absolute atomic E-state index is 0.0332. The Labute approximate surface area is 111 Å². The summed E-state index contributed by atoms with van der Waals surface area (Å²) in [5.41, 5.74) is -0.962. The van der Waals surface area contributed by atoms with Crippen LogP contribution in [0.5, 0.6) is 0 Å². The number of carbonyl (C=O) groups is 1. The van der Waals surface area contributed by atoms with Gasteiger partial charge in [-0.15, -0.1) is 0 Å². The van der Waals surface area contributed by atoms with E-state index in [4.69, 9.17) is 0 Å². The summed E-state index contributed by atoms with van der Waals surface area (Å²) in [4.78, 5) is 12.0. The second-order valence-electron chi connectivity index (χ2n) is 5.62. The van der Waals surface area contributed by atoms with E-state index in [1.54, 1.807) is 0 Å². The number of rotatable bonds is 3. The Morgan fingerprint density at radius 1 is 1.47 bits per heavy atom. The van der Waals surface area contributed by atoms with Gasteiger partial charge in [0.25, 0.3) is 0 Å². The molecule has 98 valence electrons. The number of ketones is 1. The molecule has 4 nitrogen and oxygen atoms in total. The Morgan fingerprint density at radius 2 is 2.06 bits per heavy atom. The van der Waals surface area contributed by atoms with Gasteiger partial charge in [-0.1, -0.05) is 29.8 Å². The van der Waals surface area contributed by atoms with Gasteiger partial charge in [-0.2, -0.15) is 0 Å². The van der Waals surface area contributed by atoms with Crippen molar-refractivity contribution in [2.24, 2.45) is 16.7 Å². The third-order valence-corrected chi connectivity index (χ3v) is 7.64. The highest BCUT2D eigenvalue weighted by Crippen LogP contribution is 2.65. The van der Waals surface area contributed by atoms with Crippen LogP contribution in [0.4, 0.5) is 0 Å². The summed E-state index contributed by atoms with van der Waals surface area (Å²) in [5.74, 6) is 0.330. The van der Waals surface area contributed by atoms with E-state index in [0.717, 1.165) is 12.8 Å². The summed E-state index contributed by atoms with van der Waals surface area (Å²) in [6, 6.07) is 0. The fourth-order valence-electron chi connectivity index (χ4n) is 3.55. The summed E-state index contributed by atoms with van der Waals surface area (Å²) in [7, 11) is -1.87. The van der Waals surface area contributed by atoms with E-state index in [-0.39, 0.29) is 22.3 Å². The maximum absolute atomic E-state index is 12.2. The minimum atomic E-state index is -3.30. The first-order valence-electron chi connectivity index (χ1n) is 5.77. The van der Waals surface area contributed by atoms with E-state index < -0.39 is 20.9 Å². The lowest BCUT2D eigenvalue weighted by Gasteiger charge is -2.35. The van der Waals surface area contributed by atoms with Gasteiger partial charge in [0.2, 0.25) is 10.0 Å². The number of halogens is 1. The predicted octanol–water partition coefficient (Wildman–Crippen LogP) is 1.30. The van der Waals surface area contributed by atoms with Crippen LogP contribution in [0.2, 0.25) is 0 Å². The molecule has 2 saturated carbocycles. The van der Waals surface area contributed by atoms with E-state index in [2.05, 4.69) is 20.7 Å². The molecule has 2 rings (SSSR count). The standard InChI is InChI=1S/C11H18BrNO3S/c1-10-5-4-7(8(12)9(10)14)11(10,2)6-17(15,16)13-3/h7-8,13H,4-6H2,1-3H3.